The molecule has 0 bridgehead atoms. The van der Waals surface area contributed by atoms with Crippen LogP contribution in [0.4, 0.5) is 49.8 Å². The molecule has 0 radical (unpaired) electrons. The van der Waals surface area contributed by atoms with E-state index in [4.69, 9.17) is 0 Å². The SMILES string of the molecule is c1ccc(-c2c(N3c4ccccc4B4c5ccccc5N(c5sc6ccccc6c5-c5ccccc5)c5cc(N(c6ccccc6)c6ccccc6)cc3c54)sc3ccccc23)cc1. The van der Waals surface area contributed by atoms with Crippen LogP contribution < -0.4 is 31.1 Å². The van der Waals surface area contributed by atoms with Gasteiger partial charge in [-0.15, -0.1) is 22.7 Å². The molecule has 0 N–H and O–H groups in total. The Morgan fingerprint density at radius 2 is 0.719 bits per heavy atom. The van der Waals surface area contributed by atoms with Crippen LogP contribution in [0.3, 0.4) is 0 Å². The van der Waals surface area contributed by atoms with Gasteiger partial charge in [-0.2, -0.15) is 0 Å². The highest BCUT2D eigenvalue weighted by atomic mass is 32.1. The molecule has 4 heterocycles. The molecule has 0 saturated carbocycles. The summed E-state index contributed by atoms with van der Waals surface area (Å²) in [6, 6.07) is 84.6. The smallest absolute Gasteiger partial charge is 0.252 e. The standard InChI is InChI=1S/C58H38BN3S2/c1-5-21-39(22-6-1)54-44-29-13-19-35-52(44)63-57(54)61-48-33-17-15-31-46(48)59-47-32-16-18-34-49(47)62(58-55(40-23-7-2-8-24-40)45-30-14-20-36-53(45)64-58)51-38-43(37-50(61)56(51)59)60(41-25-9-3-10-26-41)42-27-11-4-12-28-42/h1-38H. The molecule has 6 heteroatoms. The van der Waals surface area contributed by atoms with Gasteiger partial charge in [0.15, 0.2) is 0 Å². The van der Waals surface area contributed by atoms with Crippen molar-refractivity contribution < 1.29 is 0 Å². The van der Waals surface area contributed by atoms with Crippen molar-refractivity contribution in [1.82, 2.24) is 0 Å². The van der Waals surface area contributed by atoms with Crippen LogP contribution in [0.2, 0.25) is 0 Å². The number of anilines is 9. The fraction of sp³-hybridized carbons (Fsp3) is 0. The Hall–Kier alpha value is -7.64. The Balaban J connectivity index is 1.19. The first-order valence-electron chi connectivity index (χ1n) is 21.8. The second kappa shape index (κ2) is 15.0. The number of thiophene rings is 2. The first-order valence-corrected chi connectivity index (χ1v) is 23.4. The lowest BCUT2D eigenvalue weighted by atomic mass is 9.33. The quantitative estimate of drug-likeness (QED) is 0.148. The molecule has 2 aliphatic heterocycles. The molecule has 0 fully saturated rings. The number of nitrogens with zero attached hydrogens (tertiary/aromatic N) is 3. The molecule has 0 spiro atoms. The van der Waals surface area contributed by atoms with Gasteiger partial charge in [0.25, 0.3) is 6.71 Å². The molecule has 0 atom stereocenters. The Morgan fingerprint density at radius 3 is 1.17 bits per heavy atom. The third kappa shape index (κ3) is 5.73. The zero-order valence-corrected chi connectivity index (χ0v) is 36.3. The van der Waals surface area contributed by atoms with Crippen molar-refractivity contribution in [2.45, 2.75) is 0 Å². The number of benzene rings is 9. The Morgan fingerprint density at radius 1 is 0.344 bits per heavy atom. The van der Waals surface area contributed by atoms with Crippen LogP contribution in [-0.4, -0.2) is 6.71 Å². The van der Waals surface area contributed by atoms with E-state index in [9.17, 15) is 0 Å². The highest BCUT2D eigenvalue weighted by Crippen LogP contribution is 2.55. The van der Waals surface area contributed by atoms with Gasteiger partial charge in [0, 0.05) is 65.4 Å². The molecular formula is C58H38BN3S2. The van der Waals surface area contributed by atoms with Gasteiger partial charge in [-0.25, -0.2) is 0 Å². The largest absolute Gasteiger partial charge is 0.310 e. The van der Waals surface area contributed by atoms with Gasteiger partial charge in [-0.05, 0) is 88.2 Å². The average Bonchev–Trinajstić information content (AvgIpc) is 3.94. The van der Waals surface area contributed by atoms with Crippen molar-refractivity contribution in [3.8, 4) is 22.3 Å². The Labute approximate surface area is 381 Å². The molecule has 0 unspecified atom stereocenters. The number of rotatable bonds is 7. The maximum absolute atomic E-state index is 2.60. The van der Waals surface area contributed by atoms with Gasteiger partial charge >= 0.3 is 0 Å². The summed E-state index contributed by atoms with van der Waals surface area (Å²) >= 11 is 3.76. The van der Waals surface area contributed by atoms with Crippen LogP contribution in [0.25, 0.3) is 42.4 Å². The summed E-state index contributed by atoms with van der Waals surface area (Å²) in [6.45, 7) is -0.00930. The molecule has 0 saturated heterocycles. The number of hydrogen-bond acceptors (Lipinski definition) is 5. The molecule has 2 aliphatic rings. The van der Waals surface area contributed by atoms with E-state index in [-0.39, 0.29) is 6.71 Å². The van der Waals surface area contributed by atoms with E-state index in [0.717, 1.165) is 17.1 Å². The van der Waals surface area contributed by atoms with E-state index >= 15 is 0 Å². The predicted octanol–water partition coefficient (Wildman–Crippen LogP) is 15.0. The van der Waals surface area contributed by atoms with Crippen molar-refractivity contribution in [2.24, 2.45) is 0 Å². The van der Waals surface area contributed by atoms with E-state index in [1.807, 2.05) is 22.7 Å². The third-order valence-electron chi connectivity index (χ3n) is 12.8. The topological polar surface area (TPSA) is 9.72 Å². The summed E-state index contributed by atoms with van der Waals surface area (Å²) in [5.74, 6) is 0. The summed E-state index contributed by atoms with van der Waals surface area (Å²) in [4.78, 5) is 7.63. The molecular weight excluding hydrogens is 814 g/mol. The molecule has 11 aromatic rings. The fourth-order valence-electron chi connectivity index (χ4n) is 10.2. The van der Waals surface area contributed by atoms with Gasteiger partial charge in [0.2, 0.25) is 0 Å². The maximum atomic E-state index is 2.60. The summed E-state index contributed by atoms with van der Waals surface area (Å²) in [5.41, 5.74) is 16.9. The van der Waals surface area contributed by atoms with Crippen LogP contribution >= 0.6 is 22.7 Å². The first kappa shape index (κ1) is 37.0. The summed E-state index contributed by atoms with van der Waals surface area (Å²) in [6.07, 6.45) is 0. The zero-order valence-electron chi connectivity index (χ0n) is 34.7. The minimum atomic E-state index is -0.00930. The van der Waals surface area contributed by atoms with E-state index < -0.39 is 0 Å². The lowest BCUT2D eigenvalue weighted by molar-refractivity contribution is 1.24. The Kier molecular flexibility index (Phi) is 8.68. The lowest BCUT2D eigenvalue weighted by Crippen LogP contribution is -2.61. The minimum absolute atomic E-state index is 0.00930. The molecule has 0 aliphatic carbocycles. The van der Waals surface area contributed by atoms with Gasteiger partial charge < -0.3 is 14.7 Å². The molecule has 64 heavy (non-hydrogen) atoms. The lowest BCUT2D eigenvalue weighted by Gasteiger charge is -2.44. The minimum Gasteiger partial charge on any atom is -0.310 e. The van der Waals surface area contributed by atoms with Gasteiger partial charge in [-0.3, -0.25) is 0 Å². The van der Waals surface area contributed by atoms with Crippen LogP contribution in [0.1, 0.15) is 0 Å². The van der Waals surface area contributed by atoms with Gasteiger partial charge in [0.05, 0.1) is 5.69 Å². The third-order valence-corrected chi connectivity index (χ3v) is 15.2. The van der Waals surface area contributed by atoms with Crippen LogP contribution in [0, 0.1) is 0 Å². The highest BCUT2D eigenvalue weighted by molar-refractivity contribution is 7.24. The number of para-hydroxylation sites is 4. The van der Waals surface area contributed by atoms with E-state index in [2.05, 4.69) is 245 Å². The molecule has 13 rings (SSSR count). The monoisotopic (exact) mass is 851 g/mol. The number of hydrogen-bond donors (Lipinski definition) is 0. The highest BCUT2D eigenvalue weighted by Gasteiger charge is 2.45. The van der Waals surface area contributed by atoms with Crippen LogP contribution in [0.15, 0.2) is 231 Å². The predicted molar refractivity (Wildman–Crippen MR) is 277 cm³/mol. The molecule has 0 amide bonds. The molecule has 2 aromatic heterocycles. The van der Waals surface area contributed by atoms with E-state index in [0.29, 0.717) is 0 Å². The van der Waals surface area contributed by atoms with E-state index in [1.54, 1.807) is 0 Å². The van der Waals surface area contributed by atoms with Crippen molar-refractivity contribution in [1.29, 1.82) is 0 Å². The van der Waals surface area contributed by atoms with Crippen molar-refractivity contribution in [2.75, 3.05) is 14.7 Å². The Bertz CT molecular complexity index is 3300. The summed E-state index contributed by atoms with van der Waals surface area (Å²) < 4.78 is 2.53. The van der Waals surface area contributed by atoms with Gasteiger partial charge in [-0.1, -0.05) is 170 Å². The van der Waals surface area contributed by atoms with E-state index in [1.165, 1.54) is 91.6 Å². The fourth-order valence-corrected chi connectivity index (χ4v) is 12.7. The maximum Gasteiger partial charge on any atom is 0.252 e. The van der Waals surface area contributed by atoms with Gasteiger partial charge in [0.1, 0.15) is 10.0 Å². The normalized spacial score (nSPS) is 12.6. The molecule has 9 aromatic carbocycles. The summed E-state index contributed by atoms with van der Waals surface area (Å²) in [7, 11) is 0. The number of fused-ring (bicyclic) bond motifs is 6. The second-order valence-electron chi connectivity index (χ2n) is 16.4. The zero-order chi connectivity index (χ0) is 42.1. The molecule has 3 nitrogen and oxygen atoms in total. The van der Waals surface area contributed by atoms with Crippen LogP contribution in [0.5, 0.6) is 0 Å². The van der Waals surface area contributed by atoms with Crippen molar-refractivity contribution in [3.05, 3.63) is 231 Å². The molecule has 300 valence electrons. The van der Waals surface area contributed by atoms with Crippen molar-refractivity contribution in [3.63, 3.8) is 0 Å². The first-order chi connectivity index (χ1) is 31.8. The van der Waals surface area contributed by atoms with Crippen molar-refractivity contribution >= 4 is 116 Å². The average molecular weight is 852 g/mol. The van der Waals surface area contributed by atoms with Crippen LogP contribution in [-0.2, 0) is 0 Å². The summed E-state index contributed by atoms with van der Waals surface area (Å²) in [5, 5.41) is 4.94. The second-order valence-corrected chi connectivity index (χ2v) is 18.5.